The normalized spacial score (nSPS) is 19.5. The quantitative estimate of drug-likeness (QED) is 0.646. The fourth-order valence-corrected chi connectivity index (χ4v) is 1.56. The Kier molecular flexibility index (Phi) is 2.37. The smallest absolute Gasteiger partial charge is 0.246 e. The number of hydrogen-bond donors (Lipinski definition) is 3. The molecule has 4 heteroatoms. The molecule has 4 nitrogen and oxygen atoms in total. The highest BCUT2D eigenvalue weighted by Crippen LogP contribution is 2.26. The van der Waals surface area contributed by atoms with Crippen LogP contribution < -0.4 is 16.4 Å². The molecule has 0 aromatic heterocycles. The summed E-state index contributed by atoms with van der Waals surface area (Å²) >= 11 is 0. The first-order valence-corrected chi connectivity index (χ1v) is 4.68. The Bertz CT molecular complexity index is 351. The summed E-state index contributed by atoms with van der Waals surface area (Å²) in [4.78, 5) is 11.5. The van der Waals surface area contributed by atoms with Crippen LogP contribution in [-0.4, -0.2) is 18.5 Å². The Morgan fingerprint density at radius 1 is 1.29 bits per heavy atom. The van der Waals surface area contributed by atoms with E-state index < -0.39 is 0 Å². The highest BCUT2D eigenvalue weighted by Gasteiger charge is 2.23. The second kappa shape index (κ2) is 3.67. The molecule has 0 spiro atoms. The lowest BCUT2D eigenvalue weighted by Gasteiger charge is -2.26. The molecule has 1 aromatic carbocycles. The molecule has 1 heterocycles. The molecule has 0 radical (unpaired) electrons. The van der Waals surface area contributed by atoms with E-state index in [1.54, 1.807) is 0 Å². The van der Waals surface area contributed by atoms with Gasteiger partial charge in [-0.25, -0.2) is 0 Å². The van der Waals surface area contributed by atoms with Crippen molar-refractivity contribution in [3.8, 4) is 0 Å². The maximum absolute atomic E-state index is 11.5. The molecule has 1 aliphatic rings. The lowest BCUT2D eigenvalue weighted by molar-refractivity contribution is -0.117. The summed E-state index contributed by atoms with van der Waals surface area (Å²) in [5.41, 5.74) is 7.22. The van der Waals surface area contributed by atoms with Gasteiger partial charge in [-0.3, -0.25) is 4.79 Å². The zero-order chi connectivity index (χ0) is 9.97. The monoisotopic (exact) mass is 191 g/mol. The minimum atomic E-state index is -0.199. The van der Waals surface area contributed by atoms with Gasteiger partial charge in [0.2, 0.25) is 5.91 Å². The van der Waals surface area contributed by atoms with E-state index in [0.29, 0.717) is 13.0 Å². The average Bonchev–Trinajstić information content (AvgIpc) is 2.19. The van der Waals surface area contributed by atoms with E-state index in [2.05, 4.69) is 10.6 Å². The molecule has 14 heavy (non-hydrogen) atoms. The fourth-order valence-electron chi connectivity index (χ4n) is 1.56. The van der Waals surface area contributed by atoms with Crippen molar-refractivity contribution in [1.29, 1.82) is 0 Å². The number of amides is 1. The van der Waals surface area contributed by atoms with Gasteiger partial charge in [-0.15, -0.1) is 0 Å². The molecule has 0 fully saturated rings. The molecule has 0 saturated carbocycles. The van der Waals surface area contributed by atoms with E-state index in [-0.39, 0.29) is 11.9 Å². The van der Waals surface area contributed by atoms with Crippen LogP contribution in [-0.2, 0) is 4.79 Å². The number of rotatable bonds is 2. The number of carbonyl (C=O) groups is 1. The number of nitrogens with one attached hydrogen (secondary N) is 2. The molecule has 0 saturated heterocycles. The minimum absolute atomic E-state index is 0.00542. The Morgan fingerprint density at radius 2 is 2.00 bits per heavy atom. The Morgan fingerprint density at radius 3 is 2.71 bits per heavy atom. The van der Waals surface area contributed by atoms with E-state index in [1.165, 1.54) is 0 Å². The number of fused-ring (bicyclic) bond motifs is 1. The van der Waals surface area contributed by atoms with Crippen LogP contribution in [0.5, 0.6) is 0 Å². The molecular weight excluding hydrogens is 178 g/mol. The number of para-hydroxylation sites is 2. The molecule has 0 aliphatic carbocycles. The summed E-state index contributed by atoms with van der Waals surface area (Å²) in [6, 6.07) is 7.44. The van der Waals surface area contributed by atoms with Gasteiger partial charge in [0.15, 0.2) is 0 Å². The van der Waals surface area contributed by atoms with E-state index in [4.69, 9.17) is 5.73 Å². The standard InChI is InChI=1S/C10H13N3O/c11-6-5-9-10(14)13-8-4-2-1-3-7(8)12-9/h1-4,9,12H,5-6,11H2,(H,13,14). The van der Waals surface area contributed by atoms with Crippen LogP contribution in [0.1, 0.15) is 6.42 Å². The summed E-state index contributed by atoms with van der Waals surface area (Å²) in [7, 11) is 0. The molecule has 0 bridgehead atoms. The molecule has 4 N–H and O–H groups in total. The maximum atomic E-state index is 11.5. The topological polar surface area (TPSA) is 67.2 Å². The lowest BCUT2D eigenvalue weighted by Crippen LogP contribution is -2.40. The van der Waals surface area contributed by atoms with Crippen molar-refractivity contribution in [2.45, 2.75) is 12.5 Å². The summed E-state index contributed by atoms with van der Waals surface area (Å²) < 4.78 is 0. The Labute approximate surface area is 82.5 Å². The van der Waals surface area contributed by atoms with Crippen LogP contribution in [0.15, 0.2) is 24.3 Å². The number of carbonyl (C=O) groups excluding carboxylic acids is 1. The fraction of sp³-hybridized carbons (Fsp3) is 0.300. The molecule has 1 amide bonds. The summed E-state index contributed by atoms with van der Waals surface area (Å²) in [5, 5.41) is 5.99. The maximum Gasteiger partial charge on any atom is 0.246 e. The third-order valence-corrected chi connectivity index (χ3v) is 2.29. The van der Waals surface area contributed by atoms with Gasteiger partial charge in [0, 0.05) is 0 Å². The lowest BCUT2D eigenvalue weighted by atomic mass is 10.1. The molecule has 1 atom stereocenters. The third kappa shape index (κ3) is 1.56. The van der Waals surface area contributed by atoms with Crippen LogP contribution >= 0.6 is 0 Å². The highest BCUT2D eigenvalue weighted by atomic mass is 16.2. The largest absolute Gasteiger partial charge is 0.372 e. The molecule has 1 aliphatic heterocycles. The molecule has 1 aromatic rings. The average molecular weight is 191 g/mol. The number of nitrogens with two attached hydrogens (primary N) is 1. The molecule has 2 rings (SSSR count). The first kappa shape index (κ1) is 9.02. The van der Waals surface area contributed by atoms with Gasteiger partial charge in [-0.2, -0.15) is 0 Å². The Balaban J connectivity index is 2.22. The zero-order valence-electron chi connectivity index (χ0n) is 7.79. The van der Waals surface area contributed by atoms with Crippen LogP contribution in [0.3, 0.4) is 0 Å². The van der Waals surface area contributed by atoms with E-state index in [0.717, 1.165) is 11.4 Å². The Hall–Kier alpha value is -1.55. The zero-order valence-corrected chi connectivity index (χ0v) is 7.79. The van der Waals surface area contributed by atoms with Gasteiger partial charge in [-0.05, 0) is 25.1 Å². The first-order valence-electron chi connectivity index (χ1n) is 4.68. The van der Waals surface area contributed by atoms with Crippen LogP contribution in [0.4, 0.5) is 11.4 Å². The summed E-state index contributed by atoms with van der Waals surface area (Å²) in [6.07, 6.45) is 0.653. The van der Waals surface area contributed by atoms with Crippen molar-refractivity contribution in [2.24, 2.45) is 5.73 Å². The first-order chi connectivity index (χ1) is 6.81. The van der Waals surface area contributed by atoms with Gasteiger partial charge in [0.1, 0.15) is 6.04 Å². The van der Waals surface area contributed by atoms with Crippen LogP contribution in [0.2, 0.25) is 0 Å². The van der Waals surface area contributed by atoms with E-state index in [9.17, 15) is 4.79 Å². The summed E-state index contributed by atoms with van der Waals surface area (Å²) in [6.45, 7) is 0.507. The minimum Gasteiger partial charge on any atom is -0.372 e. The molecule has 1 unspecified atom stereocenters. The van der Waals surface area contributed by atoms with Crippen molar-refractivity contribution in [3.63, 3.8) is 0 Å². The van der Waals surface area contributed by atoms with Gasteiger partial charge in [0.25, 0.3) is 0 Å². The van der Waals surface area contributed by atoms with Crippen molar-refractivity contribution in [1.82, 2.24) is 0 Å². The van der Waals surface area contributed by atoms with Gasteiger partial charge in [0.05, 0.1) is 11.4 Å². The van der Waals surface area contributed by atoms with Gasteiger partial charge < -0.3 is 16.4 Å². The third-order valence-electron chi connectivity index (χ3n) is 2.29. The highest BCUT2D eigenvalue weighted by molar-refractivity contribution is 6.02. The van der Waals surface area contributed by atoms with Gasteiger partial charge in [-0.1, -0.05) is 12.1 Å². The van der Waals surface area contributed by atoms with Crippen molar-refractivity contribution in [3.05, 3.63) is 24.3 Å². The van der Waals surface area contributed by atoms with Crippen LogP contribution in [0.25, 0.3) is 0 Å². The second-order valence-electron chi connectivity index (χ2n) is 3.31. The SMILES string of the molecule is NCCC1Nc2ccccc2NC1=O. The number of anilines is 2. The van der Waals surface area contributed by atoms with Crippen molar-refractivity contribution < 1.29 is 4.79 Å². The molecule has 74 valence electrons. The van der Waals surface area contributed by atoms with E-state index >= 15 is 0 Å². The predicted octanol–water partition coefficient (Wildman–Crippen LogP) is 0.768. The molecular formula is C10H13N3O. The predicted molar refractivity (Wildman–Crippen MR) is 56.2 cm³/mol. The number of benzene rings is 1. The van der Waals surface area contributed by atoms with Gasteiger partial charge >= 0.3 is 0 Å². The second-order valence-corrected chi connectivity index (χ2v) is 3.31. The van der Waals surface area contributed by atoms with E-state index in [1.807, 2.05) is 24.3 Å². The summed E-state index contributed by atoms with van der Waals surface area (Å²) in [5.74, 6) is -0.00542. The van der Waals surface area contributed by atoms with Crippen molar-refractivity contribution >= 4 is 17.3 Å². The van der Waals surface area contributed by atoms with Crippen LogP contribution in [0, 0.1) is 0 Å². The number of hydrogen-bond acceptors (Lipinski definition) is 3. The van der Waals surface area contributed by atoms with Crippen molar-refractivity contribution in [2.75, 3.05) is 17.2 Å².